The standard InChI is InChI=1S/C24H23NO4S/c1-17-7-9-18(10-8-17)20-11-16-30-22(20)24(27)29-21(19-5-3-2-4-6-19)23(26)25-12-14-28-15-13-25/h2-11,16,21H,12-15H2,1H3/t21-/m1/s1. The quantitative estimate of drug-likeness (QED) is 0.570. The smallest absolute Gasteiger partial charge is 0.350 e. The molecule has 0 bridgehead atoms. The van der Waals surface area contributed by atoms with Crippen LogP contribution in [0.25, 0.3) is 11.1 Å². The van der Waals surface area contributed by atoms with Gasteiger partial charge >= 0.3 is 5.97 Å². The van der Waals surface area contributed by atoms with Gasteiger partial charge in [0.25, 0.3) is 5.91 Å². The molecule has 6 heteroatoms. The molecule has 0 aliphatic carbocycles. The highest BCUT2D eigenvalue weighted by molar-refractivity contribution is 7.12. The van der Waals surface area contributed by atoms with Crippen molar-refractivity contribution in [2.75, 3.05) is 26.3 Å². The molecular weight excluding hydrogens is 398 g/mol. The molecule has 1 amide bonds. The summed E-state index contributed by atoms with van der Waals surface area (Å²) >= 11 is 1.32. The monoisotopic (exact) mass is 421 g/mol. The summed E-state index contributed by atoms with van der Waals surface area (Å²) in [6.07, 6.45) is -0.982. The predicted octanol–water partition coefficient (Wildman–Crippen LogP) is 4.48. The molecule has 1 aliphatic rings. The van der Waals surface area contributed by atoms with Crippen molar-refractivity contribution in [2.24, 2.45) is 0 Å². The van der Waals surface area contributed by atoms with Gasteiger partial charge in [0.15, 0.2) is 0 Å². The fourth-order valence-corrected chi connectivity index (χ4v) is 4.22. The van der Waals surface area contributed by atoms with Crippen molar-refractivity contribution in [1.29, 1.82) is 0 Å². The first kappa shape index (κ1) is 20.3. The van der Waals surface area contributed by atoms with Crippen LogP contribution < -0.4 is 0 Å². The highest BCUT2D eigenvalue weighted by Crippen LogP contribution is 2.31. The molecule has 154 valence electrons. The lowest BCUT2D eigenvalue weighted by molar-refractivity contribution is -0.145. The lowest BCUT2D eigenvalue weighted by Gasteiger charge is -2.30. The number of carbonyl (C=O) groups excluding carboxylic acids is 2. The molecule has 5 nitrogen and oxygen atoms in total. The van der Waals surface area contributed by atoms with Crippen LogP contribution in [0, 0.1) is 6.92 Å². The van der Waals surface area contributed by atoms with Crippen LogP contribution >= 0.6 is 11.3 Å². The Morgan fingerprint density at radius 1 is 1.00 bits per heavy atom. The molecule has 1 saturated heterocycles. The fraction of sp³-hybridized carbons (Fsp3) is 0.250. The zero-order valence-corrected chi connectivity index (χ0v) is 17.6. The van der Waals surface area contributed by atoms with Gasteiger partial charge in [-0.15, -0.1) is 11.3 Å². The number of esters is 1. The van der Waals surface area contributed by atoms with E-state index in [1.54, 1.807) is 4.90 Å². The predicted molar refractivity (Wildman–Crippen MR) is 116 cm³/mol. The van der Waals surface area contributed by atoms with Gasteiger partial charge in [-0.05, 0) is 23.9 Å². The van der Waals surface area contributed by atoms with Crippen molar-refractivity contribution in [2.45, 2.75) is 13.0 Å². The SMILES string of the molecule is Cc1ccc(-c2ccsc2C(=O)O[C@@H](C(=O)N2CCOCC2)c2ccccc2)cc1. The lowest BCUT2D eigenvalue weighted by Crippen LogP contribution is -2.44. The number of thiophene rings is 1. The highest BCUT2D eigenvalue weighted by atomic mass is 32.1. The van der Waals surface area contributed by atoms with Crippen molar-refractivity contribution >= 4 is 23.2 Å². The summed E-state index contributed by atoms with van der Waals surface area (Å²) in [5.41, 5.74) is 3.58. The minimum absolute atomic E-state index is 0.216. The molecule has 0 saturated carbocycles. The molecule has 1 atom stereocenters. The summed E-state index contributed by atoms with van der Waals surface area (Å²) in [7, 11) is 0. The molecule has 3 aromatic rings. The van der Waals surface area contributed by atoms with Crippen LogP contribution in [0.2, 0.25) is 0 Å². The zero-order valence-electron chi connectivity index (χ0n) is 16.7. The number of hydrogen-bond acceptors (Lipinski definition) is 5. The molecule has 1 aliphatic heterocycles. The molecule has 1 aromatic heterocycles. The van der Waals surface area contributed by atoms with Gasteiger partial charge in [0.1, 0.15) is 4.88 Å². The third kappa shape index (κ3) is 4.45. The van der Waals surface area contributed by atoms with E-state index in [1.807, 2.05) is 73.0 Å². The number of amides is 1. The Hall–Kier alpha value is -2.96. The van der Waals surface area contributed by atoms with E-state index in [4.69, 9.17) is 9.47 Å². The molecule has 2 heterocycles. The lowest BCUT2D eigenvalue weighted by atomic mass is 10.0. The molecule has 0 unspecified atom stereocenters. The molecule has 0 radical (unpaired) electrons. The maximum absolute atomic E-state index is 13.2. The molecule has 30 heavy (non-hydrogen) atoms. The second-order valence-electron chi connectivity index (χ2n) is 7.16. The molecular formula is C24H23NO4S. The number of hydrogen-bond donors (Lipinski definition) is 0. The van der Waals surface area contributed by atoms with E-state index in [9.17, 15) is 9.59 Å². The van der Waals surface area contributed by atoms with Crippen LogP contribution in [0.4, 0.5) is 0 Å². The van der Waals surface area contributed by atoms with E-state index in [1.165, 1.54) is 11.3 Å². The molecule has 2 aromatic carbocycles. The Bertz CT molecular complexity index is 1010. The van der Waals surface area contributed by atoms with Crippen LogP contribution in [0.1, 0.15) is 26.9 Å². The highest BCUT2D eigenvalue weighted by Gasteiger charge is 2.31. The van der Waals surface area contributed by atoms with Gasteiger partial charge in [-0.2, -0.15) is 0 Å². The summed E-state index contributed by atoms with van der Waals surface area (Å²) < 4.78 is 11.2. The largest absolute Gasteiger partial charge is 0.443 e. The Morgan fingerprint density at radius 2 is 1.70 bits per heavy atom. The van der Waals surface area contributed by atoms with E-state index in [0.717, 1.165) is 16.7 Å². The van der Waals surface area contributed by atoms with Crippen molar-refractivity contribution < 1.29 is 19.1 Å². The van der Waals surface area contributed by atoms with Crippen LogP contribution in [0.3, 0.4) is 0 Å². The Labute approximate surface area is 179 Å². The summed E-state index contributed by atoms with van der Waals surface area (Å²) in [5.74, 6) is -0.706. The summed E-state index contributed by atoms with van der Waals surface area (Å²) in [6, 6.07) is 19.1. The number of benzene rings is 2. The second-order valence-corrected chi connectivity index (χ2v) is 8.08. The van der Waals surface area contributed by atoms with Crippen molar-refractivity contribution in [3.05, 3.63) is 82.0 Å². The van der Waals surface area contributed by atoms with Crippen LogP contribution in [-0.2, 0) is 14.3 Å². The topological polar surface area (TPSA) is 55.8 Å². The van der Waals surface area contributed by atoms with E-state index < -0.39 is 12.1 Å². The Balaban J connectivity index is 1.60. The number of ether oxygens (including phenoxy) is 2. The summed E-state index contributed by atoms with van der Waals surface area (Å²) in [6.45, 7) is 3.99. The maximum Gasteiger partial charge on any atom is 0.350 e. The molecule has 0 N–H and O–H groups in total. The van der Waals surface area contributed by atoms with E-state index in [-0.39, 0.29) is 5.91 Å². The maximum atomic E-state index is 13.2. The van der Waals surface area contributed by atoms with E-state index in [2.05, 4.69) is 0 Å². The zero-order chi connectivity index (χ0) is 20.9. The molecule has 4 rings (SSSR count). The third-order valence-electron chi connectivity index (χ3n) is 5.09. The second kappa shape index (κ2) is 9.24. The van der Waals surface area contributed by atoms with Crippen LogP contribution in [0.15, 0.2) is 66.0 Å². The Kier molecular flexibility index (Phi) is 6.26. The molecule has 0 spiro atoms. The fourth-order valence-electron chi connectivity index (χ4n) is 3.43. The Morgan fingerprint density at radius 3 is 2.40 bits per heavy atom. The van der Waals surface area contributed by atoms with E-state index >= 15 is 0 Å². The number of rotatable bonds is 5. The van der Waals surface area contributed by atoms with Crippen molar-refractivity contribution in [3.63, 3.8) is 0 Å². The van der Waals surface area contributed by atoms with Gasteiger partial charge < -0.3 is 14.4 Å². The summed E-state index contributed by atoms with van der Waals surface area (Å²) in [5, 5.41) is 1.87. The summed E-state index contributed by atoms with van der Waals surface area (Å²) in [4.78, 5) is 28.5. The van der Waals surface area contributed by atoms with Crippen molar-refractivity contribution in [1.82, 2.24) is 4.90 Å². The van der Waals surface area contributed by atoms with Gasteiger partial charge in [0.2, 0.25) is 6.10 Å². The van der Waals surface area contributed by atoms with Gasteiger partial charge in [-0.25, -0.2) is 4.79 Å². The number of aryl methyl sites for hydroxylation is 1. The number of morpholine rings is 1. The van der Waals surface area contributed by atoms with Gasteiger partial charge in [0.05, 0.1) is 13.2 Å². The van der Waals surface area contributed by atoms with E-state index in [0.29, 0.717) is 36.7 Å². The van der Waals surface area contributed by atoms with Gasteiger partial charge in [-0.3, -0.25) is 4.79 Å². The first-order valence-electron chi connectivity index (χ1n) is 9.90. The number of carbonyl (C=O) groups is 2. The van der Waals surface area contributed by atoms with Crippen molar-refractivity contribution in [3.8, 4) is 11.1 Å². The minimum Gasteiger partial charge on any atom is -0.443 e. The third-order valence-corrected chi connectivity index (χ3v) is 5.98. The number of nitrogens with zero attached hydrogens (tertiary/aromatic N) is 1. The normalized spacial score (nSPS) is 14.9. The minimum atomic E-state index is -0.982. The van der Waals surface area contributed by atoms with Crippen LogP contribution in [0.5, 0.6) is 0 Å². The van der Waals surface area contributed by atoms with Gasteiger partial charge in [-0.1, -0.05) is 60.2 Å². The average Bonchev–Trinajstić information content (AvgIpc) is 3.29. The van der Waals surface area contributed by atoms with Gasteiger partial charge in [0, 0.05) is 24.2 Å². The first-order valence-corrected chi connectivity index (χ1v) is 10.8. The average molecular weight is 422 g/mol. The first-order chi connectivity index (χ1) is 14.6. The van der Waals surface area contributed by atoms with Crippen LogP contribution in [-0.4, -0.2) is 43.1 Å². The molecule has 1 fully saturated rings.